The van der Waals surface area contributed by atoms with Gasteiger partial charge >= 0.3 is 11.9 Å². The lowest BCUT2D eigenvalue weighted by Crippen LogP contribution is -2.76. The van der Waals surface area contributed by atoms with Crippen molar-refractivity contribution < 1.29 is 42.9 Å². The largest absolute Gasteiger partial charge is 0.469 e. The summed E-state index contributed by atoms with van der Waals surface area (Å²) in [5, 5.41) is 12.4. The van der Waals surface area contributed by atoms with Gasteiger partial charge in [-0.05, 0) is 56.9 Å². The maximum atomic E-state index is 14.8. The quantitative estimate of drug-likeness (QED) is 0.185. The van der Waals surface area contributed by atoms with E-state index in [1.54, 1.807) is 6.26 Å². The molecule has 1 N–H and O–H groups in total. The Morgan fingerprint density at radius 2 is 1.78 bits per heavy atom. The Morgan fingerprint density at radius 3 is 2.52 bits per heavy atom. The molecule has 6 fully saturated rings. The zero-order valence-electron chi connectivity index (χ0n) is 28.4. The van der Waals surface area contributed by atoms with Crippen LogP contribution in [0.2, 0.25) is 0 Å². The van der Waals surface area contributed by atoms with Gasteiger partial charge in [-0.25, -0.2) is 4.79 Å². The molecule has 0 unspecified atom stereocenters. The number of hydrogen-bond acceptors (Lipinski definition) is 9. The van der Waals surface area contributed by atoms with Crippen molar-refractivity contribution in [2.24, 2.45) is 34.0 Å². The standard InChI is InChI=1S/C37H52O9/c1-7-8-9-10-11-12-23-22(15-18-42-23)30-33(4)16-14-24-35(6,37(33)31(46-37)32(41)44-30)29(40)27(39)28-34(5,17-13-21(2)3)45-25-19-26(38)43-20-36(24,25)28/h15,18,21,24-25,28-31,40H,7-14,16-17,19-20H2,1-6H3/t24-,25+,28+,29-,30-,31-,33-,34+,35+,36-,37+/m1/s1. The first-order valence-electron chi connectivity index (χ1n) is 17.8. The van der Waals surface area contributed by atoms with Gasteiger partial charge in [0.1, 0.15) is 30.2 Å². The van der Waals surface area contributed by atoms with Crippen LogP contribution in [0.5, 0.6) is 0 Å². The Bertz CT molecular complexity index is 1400. The van der Waals surface area contributed by atoms with Crippen LogP contribution in [-0.2, 0) is 39.8 Å². The Hall–Kier alpha value is -2.23. The number of hydrogen-bond donors (Lipinski definition) is 1. The molecule has 46 heavy (non-hydrogen) atoms. The maximum Gasteiger partial charge on any atom is 0.339 e. The van der Waals surface area contributed by atoms with Gasteiger partial charge in [0.25, 0.3) is 0 Å². The summed E-state index contributed by atoms with van der Waals surface area (Å²) in [4.78, 5) is 41.3. The third kappa shape index (κ3) is 4.06. The van der Waals surface area contributed by atoms with E-state index >= 15 is 0 Å². The monoisotopic (exact) mass is 640 g/mol. The summed E-state index contributed by atoms with van der Waals surface area (Å²) in [5.74, 6) is -0.785. The molecule has 2 saturated carbocycles. The van der Waals surface area contributed by atoms with Gasteiger partial charge in [-0.2, -0.15) is 0 Å². The van der Waals surface area contributed by atoms with E-state index in [0.717, 1.165) is 37.0 Å². The lowest BCUT2D eigenvalue weighted by Gasteiger charge is -2.66. The van der Waals surface area contributed by atoms with E-state index < -0.39 is 63.8 Å². The molecule has 0 radical (unpaired) electrons. The number of furan rings is 1. The second kappa shape index (κ2) is 10.9. The molecule has 2 spiro atoms. The highest BCUT2D eigenvalue weighted by molar-refractivity contribution is 5.92. The molecule has 4 saturated heterocycles. The number of carbonyl (C=O) groups is 3. The predicted molar refractivity (Wildman–Crippen MR) is 166 cm³/mol. The molecule has 9 heteroatoms. The first-order valence-corrected chi connectivity index (χ1v) is 17.8. The molecule has 0 amide bonds. The fourth-order valence-corrected chi connectivity index (χ4v) is 11.4. The molecule has 9 nitrogen and oxygen atoms in total. The van der Waals surface area contributed by atoms with Crippen LogP contribution in [0.3, 0.4) is 0 Å². The molecule has 7 rings (SSSR count). The van der Waals surface area contributed by atoms with Gasteiger partial charge < -0.3 is 28.5 Å². The average molecular weight is 641 g/mol. The summed E-state index contributed by atoms with van der Waals surface area (Å²) in [6.07, 6.45) is 7.46. The molecule has 0 aromatic carbocycles. The van der Waals surface area contributed by atoms with Gasteiger partial charge in [0, 0.05) is 28.2 Å². The summed E-state index contributed by atoms with van der Waals surface area (Å²) in [6, 6.07) is 1.91. The minimum atomic E-state index is -1.38. The number of rotatable bonds is 10. The summed E-state index contributed by atoms with van der Waals surface area (Å²) in [7, 11) is 0. The molecular weight excluding hydrogens is 588 g/mol. The van der Waals surface area contributed by atoms with Gasteiger partial charge in [0.15, 0.2) is 11.9 Å². The van der Waals surface area contributed by atoms with Crippen LogP contribution < -0.4 is 0 Å². The van der Waals surface area contributed by atoms with E-state index in [1.807, 2.05) is 19.9 Å². The van der Waals surface area contributed by atoms with Crippen molar-refractivity contribution in [3.63, 3.8) is 0 Å². The summed E-state index contributed by atoms with van der Waals surface area (Å²) in [6.45, 7) is 12.6. The minimum Gasteiger partial charge on any atom is -0.469 e. The second-order valence-corrected chi connectivity index (χ2v) is 16.4. The van der Waals surface area contributed by atoms with E-state index in [1.165, 1.54) is 19.3 Å². The SMILES string of the molecule is CCCCCCCc1occc1[C@H]1OC(=O)[C@H]2O[C@@]23[C@]2(C)[C@H](O)C(=O)[C@@H]4[C@]5(COC(=O)C[C@@H]5O[C@@]4(C)CCC(C)C)[C@@H]2CC[C@]13C. The lowest BCUT2D eigenvalue weighted by atomic mass is 9.36. The zero-order chi connectivity index (χ0) is 32.9. The zero-order valence-corrected chi connectivity index (χ0v) is 28.4. The Kier molecular flexibility index (Phi) is 7.65. The van der Waals surface area contributed by atoms with Crippen LogP contribution in [0.1, 0.15) is 123 Å². The molecule has 5 heterocycles. The van der Waals surface area contributed by atoms with Crippen LogP contribution in [0.15, 0.2) is 16.7 Å². The number of aliphatic hydroxyl groups excluding tert-OH is 1. The van der Waals surface area contributed by atoms with Crippen molar-refractivity contribution in [3.05, 3.63) is 23.7 Å². The summed E-state index contributed by atoms with van der Waals surface area (Å²) in [5.41, 5.74) is -3.84. The van der Waals surface area contributed by atoms with Crippen LogP contribution in [-0.4, -0.2) is 58.9 Å². The van der Waals surface area contributed by atoms with Crippen LogP contribution in [0.25, 0.3) is 0 Å². The second-order valence-electron chi connectivity index (χ2n) is 16.4. The molecule has 2 aliphatic carbocycles. The molecular formula is C37H52O9. The molecule has 11 atom stereocenters. The number of unbranched alkanes of at least 4 members (excludes halogenated alkanes) is 4. The summed E-state index contributed by atoms with van der Waals surface area (Å²) < 4.78 is 31.5. The van der Waals surface area contributed by atoms with E-state index in [-0.39, 0.29) is 30.7 Å². The van der Waals surface area contributed by atoms with Gasteiger partial charge in [0.2, 0.25) is 0 Å². The third-order valence-corrected chi connectivity index (χ3v) is 13.5. The molecule has 1 aromatic rings. The number of ether oxygens (including phenoxy) is 4. The van der Waals surface area contributed by atoms with Crippen LogP contribution in [0.4, 0.5) is 0 Å². The molecule has 254 valence electrons. The Morgan fingerprint density at radius 1 is 1.02 bits per heavy atom. The van der Waals surface area contributed by atoms with Crippen molar-refractivity contribution in [2.75, 3.05) is 6.61 Å². The fourth-order valence-electron chi connectivity index (χ4n) is 11.4. The third-order valence-electron chi connectivity index (χ3n) is 13.5. The first kappa shape index (κ1) is 32.3. The Balaban J connectivity index is 1.29. The maximum absolute atomic E-state index is 14.8. The van der Waals surface area contributed by atoms with Crippen molar-refractivity contribution in [2.45, 2.75) is 148 Å². The van der Waals surface area contributed by atoms with Gasteiger partial charge in [-0.1, -0.05) is 60.3 Å². The van der Waals surface area contributed by atoms with Crippen LogP contribution in [0, 0.1) is 34.0 Å². The normalized spacial score (nSPS) is 45.7. The number of fused-ring (bicyclic) bond motifs is 1. The molecule has 1 aromatic heterocycles. The fraction of sp³-hybridized carbons (Fsp3) is 0.811. The van der Waals surface area contributed by atoms with Gasteiger partial charge in [0.05, 0.1) is 30.3 Å². The van der Waals surface area contributed by atoms with Crippen molar-refractivity contribution in [1.29, 1.82) is 0 Å². The molecule has 6 aliphatic rings. The number of carbonyl (C=O) groups excluding carboxylic acids is 3. The first-order chi connectivity index (χ1) is 21.8. The van der Waals surface area contributed by atoms with Crippen molar-refractivity contribution in [1.82, 2.24) is 0 Å². The van der Waals surface area contributed by atoms with E-state index in [0.29, 0.717) is 25.2 Å². The predicted octanol–water partition coefficient (Wildman–Crippen LogP) is 6.04. The topological polar surface area (TPSA) is 125 Å². The lowest BCUT2D eigenvalue weighted by molar-refractivity contribution is -0.252. The van der Waals surface area contributed by atoms with Crippen molar-refractivity contribution >= 4 is 17.7 Å². The van der Waals surface area contributed by atoms with Crippen molar-refractivity contribution in [3.8, 4) is 0 Å². The molecule has 4 aliphatic heterocycles. The van der Waals surface area contributed by atoms with E-state index in [2.05, 4.69) is 27.7 Å². The number of cyclic esters (lactones) is 2. The highest BCUT2D eigenvalue weighted by atomic mass is 16.7. The van der Waals surface area contributed by atoms with E-state index in [4.69, 9.17) is 23.4 Å². The number of aryl methyl sites for hydroxylation is 1. The average Bonchev–Trinajstić information content (AvgIpc) is 3.55. The number of Topliss-reactive ketones (excluding diaryl/α,β-unsaturated/α-hetero) is 1. The number of ketones is 1. The Labute approximate surface area is 272 Å². The number of epoxide rings is 1. The van der Waals surface area contributed by atoms with Gasteiger partial charge in [-0.15, -0.1) is 0 Å². The highest BCUT2D eigenvalue weighted by Gasteiger charge is 2.90. The van der Waals surface area contributed by atoms with E-state index in [9.17, 15) is 19.5 Å². The summed E-state index contributed by atoms with van der Waals surface area (Å²) >= 11 is 0. The highest BCUT2D eigenvalue weighted by Crippen LogP contribution is 2.80. The van der Waals surface area contributed by atoms with Gasteiger partial charge in [-0.3, -0.25) is 9.59 Å². The smallest absolute Gasteiger partial charge is 0.339 e. The number of aliphatic hydroxyl groups is 1. The number of esters is 2. The minimum absolute atomic E-state index is 0.0619. The molecule has 0 bridgehead atoms. The van der Waals surface area contributed by atoms with Crippen LogP contribution >= 0.6 is 0 Å².